The maximum atomic E-state index is 13.3. The second-order valence-electron chi connectivity index (χ2n) is 6.48. The van der Waals surface area contributed by atoms with Crippen molar-refractivity contribution in [2.45, 2.75) is 6.54 Å². The number of hydrogen-bond donors (Lipinski definition) is 1. The van der Waals surface area contributed by atoms with Crippen LogP contribution in [0.2, 0.25) is 0 Å². The number of sulfonamides is 1. The number of allylic oxidation sites excluding steroid dienone is 1. The van der Waals surface area contributed by atoms with Gasteiger partial charge >= 0.3 is 0 Å². The number of ether oxygens (including phenoxy) is 1. The third kappa shape index (κ3) is 3.69. The van der Waals surface area contributed by atoms with Gasteiger partial charge in [-0.1, -0.05) is 12.1 Å². The van der Waals surface area contributed by atoms with Crippen molar-refractivity contribution >= 4 is 38.5 Å². The Morgan fingerprint density at radius 1 is 1.10 bits per heavy atom. The van der Waals surface area contributed by atoms with Crippen LogP contribution in [-0.2, 0) is 16.6 Å². The molecule has 3 aromatic rings. The van der Waals surface area contributed by atoms with E-state index in [-0.39, 0.29) is 11.4 Å². The molecule has 9 heteroatoms. The molecule has 0 atom stereocenters. The molecule has 0 fully saturated rings. The first-order valence-electron chi connectivity index (χ1n) is 8.90. The van der Waals surface area contributed by atoms with Gasteiger partial charge in [0.2, 0.25) is 5.78 Å². The molecule has 154 valence electrons. The highest BCUT2D eigenvalue weighted by molar-refractivity contribution is 7.97. The van der Waals surface area contributed by atoms with Crippen LogP contribution in [-0.4, -0.2) is 21.3 Å². The highest BCUT2D eigenvalue weighted by Crippen LogP contribution is 2.39. The maximum Gasteiger partial charge on any atom is 0.270 e. The summed E-state index contributed by atoms with van der Waals surface area (Å²) in [6, 6.07) is 14.0. The van der Waals surface area contributed by atoms with Crippen molar-refractivity contribution in [2.24, 2.45) is 0 Å². The number of thiophene rings is 1. The minimum absolute atomic E-state index is 0.0144. The maximum absolute atomic E-state index is 13.3. The first-order chi connectivity index (χ1) is 14.4. The Morgan fingerprint density at radius 3 is 2.47 bits per heavy atom. The summed E-state index contributed by atoms with van der Waals surface area (Å²) in [6.45, 7) is -0.0144. The number of Topliss-reactive ketones (excluding diaryl/α,β-unsaturated/α-hetero) is 1. The lowest BCUT2D eigenvalue weighted by Crippen LogP contribution is -2.38. The number of fused-ring (bicyclic) bond motifs is 1. The summed E-state index contributed by atoms with van der Waals surface area (Å²) in [5.41, 5.74) is 1.54. The first kappa shape index (κ1) is 20.1. The normalized spacial score (nSPS) is 16.4. The first-order valence-corrected chi connectivity index (χ1v) is 11.2. The Hall–Kier alpha value is -3.17. The lowest BCUT2D eigenvalue weighted by Gasteiger charge is -2.29. The molecule has 1 aromatic heterocycles. The zero-order valence-corrected chi connectivity index (χ0v) is 17.5. The summed E-state index contributed by atoms with van der Waals surface area (Å²) in [5, 5.41) is 4.55. The van der Waals surface area contributed by atoms with Gasteiger partial charge in [-0.05, 0) is 53.4 Å². The van der Waals surface area contributed by atoms with Gasteiger partial charge in [-0.3, -0.25) is 9.10 Å². The van der Waals surface area contributed by atoms with Gasteiger partial charge in [0.1, 0.15) is 16.4 Å². The molecule has 0 spiro atoms. The number of anilines is 2. The molecule has 0 saturated carbocycles. The average molecular weight is 445 g/mol. The molecule has 0 radical (unpaired) electrons. The van der Waals surface area contributed by atoms with Crippen molar-refractivity contribution in [3.63, 3.8) is 0 Å². The Morgan fingerprint density at radius 2 is 1.80 bits per heavy atom. The van der Waals surface area contributed by atoms with Crippen molar-refractivity contribution in [3.8, 4) is 5.75 Å². The standard InChI is InChI=1S/C21H17FN2O4S2/c1-28-17-8-6-16(7-9-17)23-12-19-20(25)21-18(10-11-29-21)24(30(19,26)27)13-14-2-4-15(22)5-3-14/h2-12,23H,13H2,1H3. The van der Waals surface area contributed by atoms with Crippen LogP contribution in [0.3, 0.4) is 0 Å². The Kier molecular flexibility index (Phi) is 5.31. The summed E-state index contributed by atoms with van der Waals surface area (Å²) in [6.07, 6.45) is 1.21. The fraction of sp³-hybridized carbons (Fsp3) is 0.0952. The molecule has 0 saturated heterocycles. The van der Waals surface area contributed by atoms with Gasteiger partial charge in [0.05, 0.1) is 19.3 Å². The van der Waals surface area contributed by atoms with Crippen LogP contribution >= 0.6 is 11.3 Å². The van der Waals surface area contributed by atoms with Gasteiger partial charge in [0.15, 0.2) is 4.91 Å². The van der Waals surface area contributed by atoms with Crippen LogP contribution in [0.15, 0.2) is 71.1 Å². The van der Waals surface area contributed by atoms with Crippen molar-refractivity contribution in [1.29, 1.82) is 0 Å². The lowest BCUT2D eigenvalue weighted by atomic mass is 10.2. The van der Waals surface area contributed by atoms with E-state index in [0.29, 0.717) is 27.6 Å². The van der Waals surface area contributed by atoms with Crippen LogP contribution < -0.4 is 14.4 Å². The van der Waals surface area contributed by atoms with E-state index in [1.807, 2.05) is 0 Å². The number of methoxy groups -OCH3 is 1. The number of nitrogens with zero attached hydrogens (tertiary/aromatic N) is 1. The number of benzene rings is 2. The van der Waals surface area contributed by atoms with Gasteiger partial charge < -0.3 is 10.1 Å². The molecule has 1 aliphatic rings. The number of rotatable bonds is 5. The molecule has 0 amide bonds. The van der Waals surface area contributed by atoms with E-state index in [2.05, 4.69) is 5.32 Å². The molecule has 4 rings (SSSR count). The molecule has 0 bridgehead atoms. The predicted octanol–water partition coefficient (Wildman–Crippen LogP) is 4.38. The van der Waals surface area contributed by atoms with E-state index in [4.69, 9.17) is 4.74 Å². The Balaban J connectivity index is 1.70. The second kappa shape index (κ2) is 7.92. The summed E-state index contributed by atoms with van der Waals surface area (Å²) in [5.74, 6) is -0.310. The average Bonchev–Trinajstić information content (AvgIpc) is 3.22. The van der Waals surface area contributed by atoms with E-state index in [1.165, 1.54) is 46.1 Å². The van der Waals surface area contributed by atoms with Gasteiger partial charge in [-0.15, -0.1) is 11.3 Å². The zero-order chi connectivity index (χ0) is 21.3. The van der Waals surface area contributed by atoms with Crippen molar-refractivity contribution < 1.29 is 22.3 Å². The number of carbonyl (C=O) groups is 1. The van der Waals surface area contributed by atoms with Crippen LogP contribution in [0, 0.1) is 5.82 Å². The van der Waals surface area contributed by atoms with Gasteiger partial charge in [0.25, 0.3) is 10.0 Å². The molecular formula is C21H17FN2O4S2. The summed E-state index contributed by atoms with van der Waals surface area (Å²) in [7, 11) is -2.57. The van der Waals surface area contributed by atoms with E-state index >= 15 is 0 Å². The molecule has 1 N–H and O–H groups in total. The summed E-state index contributed by atoms with van der Waals surface area (Å²) >= 11 is 1.18. The van der Waals surface area contributed by atoms with E-state index in [9.17, 15) is 17.6 Å². The highest BCUT2D eigenvalue weighted by atomic mass is 32.2. The molecule has 6 nitrogen and oxygen atoms in total. The third-order valence-corrected chi connectivity index (χ3v) is 7.28. The molecule has 2 aromatic carbocycles. The number of ketones is 1. The largest absolute Gasteiger partial charge is 0.497 e. The van der Waals surface area contributed by atoms with Gasteiger partial charge in [0, 0.05) is 11.9 Å². The monoisotopic (exact) mass is 444 g/mol. The summed E-state index contributed by atoms with van der Waals surface area (Å²) in [4.78, 5) is 12.9. The minimum Gasteiger partial charge on any atom is -0.497 e. The molecule has 0 aliphatic carbocycles. The minimum atomic E-state index is -4.12. The summed E-state index contributed by atoms with van der Waals surface area (Å²) < 4.78 is 46.1. The molecule has 30 heavy (non-hydrogen) atoms. The molecular weight excluding hydrogens is 427 g/mol. The van der Waals surface area contributed by atoms with Crippen molar-refractivity contribution in [2.75, 3.05) is 16.7 Å². The Labute approximate surface area is 177 Å². The van der Waals surface area contributed by atoms with E-state index < -0.39 is 21.6 Å². The fourth-order valence-corrected chi connectivity index (χ4v) is 5.53. The number of hydrogen-bond acceptors (Lipinski definition) is 6. The SMILES string of the molecule is COc1ccc(NC=C2C(=O)c3sccc3N(Cc3ccc(F)cc3)S2(=O)=O)cc1. The lowest BCUT2D eigenvalue weighted by molar-refractivity contribution is 0.104. The van der Waals surface area contributed by atoms with Crippen molar-refractivity contribution in [3.05, 3.63) is 87.3 Å². The highest BCUT2D eigenvalue weighted by Gasteiger charge is 2.41. The molecule has 2 heterocycles. The van der Waals surface area contributed by atoms with Crippen LogP contribution in [0.1, 0.15) is 15.2 Å². The molecule has 0 unspecified atom stereocenters. The Bertz CT molecular complexity index is 1220. The van der Waals surface area contributed by atoms with Gasteiger partial charge in [-0.25, -0.2) is 12.8 Å². The van der Waals surface area contributed by atoms with Gasteiger partial charge in [-0.2, -0.15) is 0 Å². The smallest absolute Gasteiger partial charge is 0.270 e. The number of halogens is 1. The third-order valence-electron chi connectivity index (χ3n) is 4.61. The van der Waals surface area contributed by atoms with E-state index in [0.717, 1.165) is 0 Å². The quantitative estimate of drug-likeness (QED) is 0.591. The van der Waals surface area contributed by atoms with E-state index in [1.54, 1.807) is 42.8 Å². The molecule has 1 aliphatic heterocycles. The van der Waals surface area contributed by atoms with Crippen molar-refractivity contribution in [1.82, 2.24) is 0 Å². The van der Waals surface area contributed by atoms with Crippen LogP contribution in [0.5, 0.6) is 5.75 Å². The second-order valence-corrected chi connectivity index (χ2v) is 9.23. The van der Waals surface area contributed by atoms with Crippen LogP contribution in [0.4, 0.5) is 15.8 Å². The predicted molar refractivity (Wildman–Crippen MR) is 115 cm³/mol. The number of carbonyl (C=O) groups excluding carboxylic acids is 1. The zero-order valence-electron chi connectivity index (χ0n) is 15.8. The fourth-order valence-electron chi connectivity index (χ4n) is 3.05. The topological polar surface area (TPSA) is 75.7 Å². The number of nitrogens with one attached hydrogen (secondary N) is 1. The van der Waals surface area contributed by atoms with Crippen LogP contribution in [0.25, 0.3) is 0 Å².